The van der Waals surface area contributed by atoms with E-state index in [9.17, 15) is 9.00 Å². The van der Waals surface area contributed by atoms with Gasteiger partial charge in [-0.2, -0.15) is 0 Å². The molecule has 0 saturated carbocycles. The second-order valence-corrected chi connectivity index (χ2v) is 6.09. The summed E-state index contributed by atoms with van der Waals surface area (Å²) >= 11 is 0. The highest BCUT2D eigenvalue weighted by Crippen LogP contribution is 2.14. The summed E-state index contributed by atoms with van der Waals surface area (Å²) in [4.78, 5) is 11.3. The monoisotopic (exact) mass is 254 g/mol. The summed E-state index contributed by atoms with van der Waals surface area (Å²) in [6.45, 7) is 3.86. The zero-order valence-electron chi connectivity index (χ0n) is 10.4. The quantitative estimate of drug-likeness (QED) is 0.755. The van der Waals surface area contributed by atoms with E-state index in [1.165, 1.54) is 7.11 Å². The van der Waals surface area contributed by atoms with Crippen molar-refractivity contribution in [1.82, 2.24) is 0 Å². The number of hydrogen-bond acceptors (Lipinski definition) is 3. The van der Waals surface area contributed by atoms with Crippen molar-refractivity contribution in [2.75, 3.05) is 7.11 Å². The number of ether oxygens (including phenoxy) is 1. The Morgan fingerprint density at radius 2 is 1.88 bits per heavy atom. The SMILES string of the molecule is COC(=O)Cc1ccccc1CS(=O)C(C)C. The smallest absolute Gasteiger partial charge is 0.309 e. The minimum absolute atomic E-state index is 0.126. The number of methoxy groups -OCH3 is 1. The van der Waals surface area contributed by atoms with Crippen LogP contribution in [0.5, 0.6) is 0 Å². The van der Waals surface area contributed by atoms with Gasteiger partial charge in [-0.1, -0.05) is 38.1 Å². The summed E-state index contributed by atoms with van der Waals surface area (Å²) in [6, 6.07) is 7.57. The molecule has 1 aromatic rings. The van der Waals surface area contributed by atoms with Crippen LogP contribution in [0.2, 0.25) is 0 Å². The molecule has 94 valence electrons. The molecule has 4 heteroatoms. The van der Waals surface area contributed by atoms with Crippen molar-refractivity contribution in [3.8, 4) is 0 Å². The van der Waals surface area contributed by atoms with Gasteiger partial charge in [-0.15, -0.1) is 0 Å². The van der Waals surface area contributed by atoms with Crippen molar-refractivity contribution in [3.63, 3.8) is 0 Å². The molecule has 0 amide bonds. The molecule has 0 bridgehead atoms. The standard InChI is InChI=1S/C13H18O3S/c1-10(2)17(15)9-12-7-5-4-6-11(12)8-13(14)16-3/h4-7,10H,8-9H2,1-3H3. The van der Waals surface area contributed by atoms with E-state index in [1.807, 2.05) is 38.1 Å². The average molecular weight is 254 g/mol. The highest BCUT2D eigenvalue weighted by molar-refractivity contribution is 7.84. The number of carbonyl (C=O) groups is 1. The predicted molar refractivity (Wildman–Crippen MR) is 69.1 cm³/mol. The molecule has 1 atom stereocenters. The first-order valence-corrected chi connectivity index (χ1v) is 6.93. The highest BCUT2D eigenvalue weighted by Gasteiger charge is 2.12. The van der Waals surface area contributed by atoms with Gasteiger partial charge in [-0.25, -0.2) is 0 Å². The minimum atomic E-state index is -0.902. The van der Waals surface area contributed by atoms with Crippen LogP contribution in [0.4, 0.5) is 0 Å². The van der Waals surface area contributed by atoms with E-state index < -0.39 is 10.8 Å². The Morgan fingerprint density at radius 3 is 2.41 bits per heavy atom. The maximum Gasteiger partial charge on any atom is 0.309 e. The summed E-state index contributed by atoms with van der Waals surface area (Å²) in [5.41, 5.74) is 1.86. The minimum Gasteiger partial charge on any atom is -0.469 e. The third kappa shape index (κ3) is 4.30. The Bertz CT molecular complexity index is 413. The zero-order valence-corrected chi connectivity index (χ0v) is 11.3. The Balaban J connectivity index is 2.84. The molecule has 0 heterocycles. The number of hydrogen-bond donors (Lipinski definition) is 0. The van der Waals surface area contributed by atoms with E-state index in [2.05, 4.69) is 4.74 Å². The van der Waals surface area contributed by atoms with Gasteiger partial charge in [0.05, 0.1) is 13.5 Å². The van der Waals surface area contributed by atoms with Gasteiger partial charge >= 0.3 is 5.97 Å². The third-order valence-electron chi connectivity index (χ3n) is 2.50. The second kappa shape index (κ2) is 6.55. The van der Waals surface area contributed by atoms with Crippen molar-refractivity contribution >= 4 is 16.8 Å². The van der Waals surface area contributed by atoms with Crippen LogP contribution in [0.3, 0.4) is 0 Å². The Morgan fingerprint density at radius 1 is 1.29 bits per heavy atom. The third-order valence-corrected chi connectivity index (χ3v) is 4.15. The van der Waals surface area contributed by atoms with Crippen LogP contribution in [0.15, 0.2) is 24.3 Å². The average Bonchev–Trinajstić information content (AvgIpc) is 2.31. The normalized spacial score (nSPS) is 12.5. The first-order chi connectivity index (χ1) is 8.04. The van der Waals surface area contributed by atoms with Crippen LogP contribution in [-0.4, -0.2) is 22.5 Å². The zero-order chi connectivity index (χ0) is 12.8. The van der Waals surface area contributed by atoms with Crippen LogP contribution in [0, 0.1) is 0 Å². The molecule has 0 aliphatic heterocycles. The van der Waals surface area contributed by atoms with Crippen molar-refractivity contribution < 1.29 is 13.7 Å². The number of esters is 1. The lowest BCUT2D eigenvalue weighted by atomic mass is 10.1. The summed E-state index contributed by atoms with van der Waals surface area (Å²) < 4.78 is 16.5. The number of carbonyl (C=O) groups excluding carboxylic acids is 1. The molecular formula is C13H18O3S. The van der Waals surface area contributed by atoms with Crippen LogP contribution in [0.1, 0.15) is 25.0 Å². The van der Waals surface area contributed by atoms with Gasteiger partial charge in [-0.05, 0) is 11.1 Å². The molecule has 17 heavy (non-hydrogen) atoms. The van der Waals surface area contributed by atoms with Crippen LogP contribution < -0.4 is 0 Å². The van der Waals surface area contributed by atoms with Gasteiger partial charge in [0.15, 0.2) is 0 Å². The van der Waals surface area contributed by atoms with Crippen molar-refractivity contribution in [3.05, 3.63) is 35.4 Å². The molecule has 0 aliphatic rings. The molecule has 0 N–H and O–H groups in total. The summed E-state index contributed by atoms with van der Waals surface area (Å²) in [5, 5.41) is 0.126. The first-order valence-electron chi connectivity index (χ1n) is 5.55. The number of rotatable bonds is 5. The Hall–Kier alpha value is -1.16. The van der Waals surface area contributed by atoms with Gasteiger partial charge in [0, 0.05) is 21.8 Å². The van der Waals surface area contributed by atoms with Crippen molar-refractivity contribution in [1.29, 1.82) is 0 Å². The van der Waals surface area contributed by atoms with E-state index in [0.717, 1.165) is 11.1 Å². The lowest BCUT2D eigenvalue weighted by molar-refractivity contribution is -0.139. The predicted octanol–water partition coefficient (Wildman–Crippen LogP) is 2.06. The molecule has 1 rings (SSSR count). The highest BCUT2D eigenvalue weighted by atomic mass is 32.2. The maximum absolute atomic E-state index is 11.8. The molecule has 3 nitrogen and oxygen atoms in total. The molecule has 1 aromatic carbocycles. The van der Waals surface area contributed by atoms with Crippen LogP contribution >= 0.6 is 0 Å². The lowest BCUT2D eigenvalue weighted by Crippen LogP contribution is -2.11. The molecule has 0 aliphatic carbocycles. The fourth-order valence-corrected chi connectivity index (χ4v) is 2.34. The van der Waals surface area contributed by atoms with Gasteiger partial charge in [0.2, 0.25) is 0 Å². The Labute approximate surface area is 105 Å². The first kappa shape index (κ1) is 13.9. The summed E-state index contributed by atoms with van der Waals surface area (Å²) in [6.07, 6.45) is 0.238. The van der Waals surface area contributed by atoms with Crippen molar-refractivity contribution in [2.24, 2.45) is 0 Å². The van der Waals surface area contributed by atoms with Gasteiger partial charge in [-0.3, -0.25) is 9.00 Å². The molecule has 1 unspecified atom stereocenters. The van der Waals surface area contributed by atoms with Gasteiger partial charge in [0.25, 0.3) is 0 Å². The maximum atomic E-state index is 11.8. The van der Waals surface area contributed by atoms with E-state index in [1.54, 1.807) is 0 Å². The van der Waals surface area contributed by atoms with Crippen LogP contribution in [0.25, 0.3) is 0 Å². The Kier molecular flexibility index (Phi) is 5.35. The summed E-state index contributed by atoms with van der Waals surface area (Å²) in [5.74, 6) is 0.220. The van der Waals surface area contributed by atoms with Crippen LogP contribution in [-0.2, 0) is 32.5 Å². The molecule has 0 radical (unpaired) electrons. The molecule has 0 aromatic heterocycles. The topological polar surface area (TPSA) is 43.4 Å². The van der Waals surface area contributed by atoms with E-state index in [-0.39, 0.29) is 17.6 Å². The largest absolute Gasteiger partial charge is 0.469 e. The van der Waals surface area contributed by atoms with E-state index in [0.29, 0.717) is 5.75 Å². The lowest BCUT2D eigenvalue weighted by Gasteiger charge is -2.10. The molecule has 0 spiro atoms. The molecule has 0 fully saturated rings. The molecular weight excluding hydrogens is 236 g/mol. The fourth-order valence-electron chi connectivity index (χ4n) is 1.42. The number of benzene rings is 1. The second-order valence-electron chi connectivity index (χ2n) is 4.10. The molecule has 0 saturated heterocycles. The fraction of sp³-hybridized carbons (Fsp3) is 0.462. The van der Waals surface area contributed by atoms with E-state index in [4.69, 9.17) is 0 Å². The van der Waals surface area contributed by atoms with Gasteiger partial charge in [0.1, 0.15) is 0 Å². The van der Waals surface area contributed by atoms with E-state index >= 15 is 0 Å². The van der Waals surface area contributed by atoms with Crippen molar-refractivity contribution in [2.45, 2.75) is 31.3 Å². The van der Waals surface area contributed by atoms with Gasteiger partial charge < -0.3 is 4.74 Å². The summed E-state index contributed by atoms with van der Waals surface area (Å²) in [7, 11) is 0.470.